The second-order valence-electron chi connectivity index (χ2n) is 7.47. The summed E-state index contributed by atoms with van der Waals surface area (Å²) in [7, 11) is -2.51. The molecule has 1 N–H and O–H groups in total. The van der Waals surface area contributed by atoms with Gasteiger partial charge in [0.25, 0.3) is 5.91 Å². The monoisotopic (exact) mass is 426 g/mol. The number of amides is 1. The third-order valence-electron chi connectivity index (χ3n) is 5.07. The van der Waals surface area contributed by atoms with Gasteiger partial charge in [-0.25, -0.2) is 13.2 Å². The number of morpholine rings is 1. The van der Waals surface area contributed by atoms with Crippen molar-refractivity contribution < 1.29 is 27.5 Å². The van der Waals surface area contributed by atoms with Crippen LogP contribution in [0.5, 0.6) is 0 Å². The van der Waals surface area contributed by atoms with Crippen LogP contribution in [-0.2, 0) is 24.3 Å². The van der Waals surface area contributed by atoms with Crippen molar-refractivity contribution in [2.24, 2.45) is 5.92 Å². The van der Waals surface area contributed by atoms with Crippen LogP contribution in [0, 0.1) is 5.92 Å². The van der Waals surface area contributed by atoms with Gasteiger partial charge in [0.15, 0.2) is 0 Å². The van der Waals surface area contributed by atoms with Crippen molar-refractivity contribution in [1.82, 2.24) is 9.62 Å². The Morgan fingerprint density at radius 3 is 2.45 bits per heavy atom. The summed E-state index contributed by atoms with van der Waals surface area (Å²) in [5, 5.41) is 2.67. The SMILES string of the molecule is CC[C@H](C)[C@@H](NC(=O)c1cccc(S(=O)(=O)N2C[C@@H](C)O[C@@H](C)C2)c1)C(=O)OC. The summed E-state index contributed by atoms with van der Waals surface area (Å²) >= 11 is 0. The van der Waals surface area contributed by atoms with Gasteiger partial charge in [0.05, 0.1) is 24.2 Å². The second kappa shape index (κ2) is 9.69. The zero-order chi connectivity index (χ0) is 21.8. The molecule has 0 aliphatic carbocycles. The number of nitrogens with zero attached hydrogens (tertiary/aromatic N) is 1. The summed E-state index contributed by atoms with van der Waals surface area (Å²) in [6.45, 7) is 7.89. The first-order chi connectivity index (χ1) is 13.6. The van der Waals surface area contributed by atoms with E-state index in [1.54, 1.807) is 0 Å². The summed E-state index contributed by atoms with van der Waals surface area (Å²) in [5.41, 5.74) is 0.164. The van der Waals surface area contributed by atoms with E-state index in [9.17, 15) is 18.0 Å². The van der Waals surface area contributed by atoms with Crippen molar-refractivity contribution in [3.05, 3.63) is 29.8 Å². The highest BCUT2D eigenvalue weighted by Gasteiger charge is 2.33. The molecule has 0 aromatic heterocycles. The van der Waals surface area contributed by atoms with Crippen molar-refractivity contribution in [2.45, 2.75) is 57.3 Å². The van der Waals surface area contributed by atoms with Crippen LogP contribution >= 0.6 is 0 Å². The number of esters is 1. The minimum Gasteiger partial charge on any atom is -0.467 e. The molecular formula is C20H30N2O6S. The molecule has 4 atom stereocenters. The third kappa shape index (κ3) is 5.55. The van der Waals surface area contributed by atoms with Crippen LogP contribution in [0.4, 0.5) is 0 Å². The molecule has 1 aliphatic heterocycles. The molecule has 0 unspecified atom stereocenters. The topological polar surface area (TPSA) is 102 Å². The van der Waals surface area contributed by atoms with Gasteiger partial charge in [-0.3, -0.25) is 4.79 Å². The molecule has 162 valence electrons. The van der Waals surface area contributed by atoms with Crippen molar-refractivity contribution >= 4 is 21.9 Å². The third-order valence-corrected chi connectivity index (χ3v) is 6.90. The quantitative estimate of drug-likeness (QED) is 0.667. The van der Waals surface area contributed by atoms with Crippen molar-refractivity contribution in [2.75, 3.05) is 20.2 Å². The van der Waals surface area contributed by atoms with Crippen molar-refractivity contribution in [1.29, 1.82) is 0 Å². The number of carbonyl (C=O) groups is 2. The van der Waals surface area contributed by atoms with E-state index in [0.29, 0.717) is 6.42 Å². The Morgan fingerprint density at radius 2 is 1.90 bits per heavy atom. The number of sulfonamides is 1. The van der Waals surface area contributed by atoms with Crippen LogP contribution in [0.1, 0.15) is 44.5 Å². The number of hydrogen-bond donors (Lipinski definition) is 1. The van der Waals surface area contributed by atoms with E-state index in [1.807, 2.05) is 27.7 Å². The highest BCUT2D eigenvalue weighted by Crippen LogP contribution is 2.22. The smallest absolute Gasteiger partial charge is 0.328 e. The molecule has 0 saturated carbocycles. The molecule has 0 radical (unpaired) electrons. The van der Waals surface area contributed by atoms with Gasteiger partial charge in [-0.1, -0.05) is 26.3 Å². The molecule has 8 nitrogen and oxygen atoms in total. The highest BCUT2D eigenvalue weighted by molar-refractivity contribution is 7.89. The van der Waals surface area contributed by atoms with Crippen LogP contribution in [0.2, 0.25) is 0 Å². The lowest BCUT2D eigenvalue weighted by Gasteiger charge is -2.34. The lowest BCUT2D eigenvalue weighted by Crippen LogP contribution is -2.48. The molecule has 29 heavy (non-hydrogen) atoms. The lowest BCUT2D eigenvalue weighted by molar-refractivity contribution is -0.144. The minimum absolute atomic E-state index is 0.0320. The Kier molecular flexibility index (Phi) is 7.79. The summed E-state index contributed by atoms with van der Waals surface area (Å²) in [4.78, 5) is 24.8. The molecule has 1 aliphatic rings. The average Bonchev–Trinajstić information content (AvgIpc) is 2.70. The molecule has 1 heterocycles. The van der Waals surface area contributed by atoms with E-state index in [0.717, 1.165) is 0 Å². The molecule has 0 bridgehead atoms. The van der Waals surface area contributed by atoms with Gasteiger partial charge >= 0.3 is 5.97 Å². The fourth-order valence-electron chi connectivity index (χ4n) is 3.29. The average molecular weight is 427 g/mol. The number of methoxy groups -OCH3 is 1. The van der Waals surface area contributed by atoms with Crippen molar-refractivity contribution in [3.8, 4) is 0 Å². The second-order valence-corrected chi connectivity index (χ2v) is 9.40. The Labute approximate surface area is 172 Å². The van der Waals surface area contributed by atoms with Crippen LogP contribution < -0.4 is 5.32 Å². The van der Waals surface area contributed by atoms with E-state index in [2.05, 4.69) is 5.32 Å². The molecule has 1 saturated heterocycles. The zero-order valence-corrected chi connectivity index (χ0v) is 18.4. The van der Waals surface area contributed by atoms with E-state index < -0.39 is 27.9 Å². The molecular weight excluding hydrogens is 396 g/mol. The minimum atomic E-state index is -3.77. The first-order valence-corrected chi connectivity index (χ1v) is 11.2. The Hall–Kier alpha value is -1.97. The number of carbonyl (C=O) groups excluding carboxylic acids is 2. The number of rotatable bonds is 7. The van der Waals surface area contributed by atoms with Gasteiger partial charge in [-0.2, -0.15) is 4.31 Å². The van der Waals surface area contributed by atoms with Crippen LogP contribution in [0.3, 0.4) is 0 Å². The van der Waals surface area contributed by atoms with Gasteiger partial charge in [-0.15, -0.1) is 0 Å². The van der Waals surface area contributed by atoms with Crippen LogP contribution in [-0.4, -0.2) is 63.0 Å². The normalized spacial score (nSPS) is 22.5. The largest absolute Gasteiger partial charge is 0.467 e. The van der Waals surface area contributed by atoms with Crippen LogP contribution in [0.25, 0.3) is 0 Å². The fourth-order valence-corrected chi connectivity index (χ4v) is 4.93. The molecule has 1 fully saturated rings. The summed E-state index contributed by atoms with van der Waals surface area (Å²) in [5.74, 6) is -1.19. The number of hydrogen-bond acceptors (Lipinski definition) is 6. The summed E-state index contributed by atoms with van der Waals surface area (Å²) in [6.07, 6.45) is 0.245. The number of ether oxygens (including phenoxy) is 2. The summed E-state index contributed by atoms with van der Waals surface area (Å²) < 4.78 is 37.9. The van der Waals surface area contributed by atoms with E-state index in [1.165, 1.54) is 35.7 Å². The van der Waals surface area contributed by atoms with E-state index in [-0.39, 0.29) is 41.7 Å². The van der Waals surface area contributed by atoms with Gasteiger partial charge in [0.1, 0.15) is 6.04 Å². The van der Waals surface area contributed by atoms with E-state index in [4.69, 9.17) is 9.47 Å². The first-order valence-electron chi connectivity index (χ1n) is 9.74. The lowest BCUT2D eigenvalue weighted by atomic mass is 9.99. The van der Waals surface area contributed by atoms with Gasteiger partial charge in [-0.05, 0) is 38.0 Å². The predicted octanol–water partition coefficient (Wildman–Crippen LogP) is 1.80. The molecule has 0 spiro atoms. The van der Waals surface area contributed by atoms with Gasteiger partial charge < -0.3 is 14.8 Å². The van der Waals surface area contributed by atoms with Crippen molar-refractivity contribution in [3.63, 3.8) is 0 Å². The number of benzene rings is 1. The zero-order valence-electron chi connectivity index (χ0n) is 17.5. The fraction of sp³-hybridized carbons (Fsp3) is 0.600. The highest BCUT2D eigenvalue weighted by atomic mass is 32.2. The first kappa shape index (κ1) is 23.3. The molecule has 1 aromatic carbocycles. The molecule has 1 aromatic rings. The number of nitrogens with one attached hydrogen (secondary N) is 1. The maximum atomic E-state index is 13.0. The Balaban J connectivity index is 2.25. The van der Waals surface area contributed by atoms with Gasteiger partial charge in [0.2, 0.25) is 10.0 Å². The molecule has 9 heteroatoms. The van der Waals surface area contributed by atoms with E-state index >= 15 is 0 Å². The standard InChI is InChI=1S/C20H30N2O6S/c1-6-13(2)18(20(24)27-5)21-19(23)16-8-7-9-17(10-16)29(25,26)22-11-14(3)28-15(4)12-22/h7-10,13-15,18H,6,11-12H2,1-5H3,(H,21,23)/t13-,14-,15+,18+/m0/s1. The molecule has 2 rings (SSSR count). The Bertz CT molecular complexity index is 831. The predicted molar refractivity (Wildman–Crippen MR) is 108 cm³/mol. The van der Waals surface area contributed by atoms with Gasteiger partial charge in [0, 0.05) is 18.7 Å². The summed E-state index contributed by atoms with van der Waals surface area (Å²) in [6, 6.07) is 5.03. The maximum absolute atomic E-state index is 13.0. The molecule has 1 amide bonds. The Morgan fingerprint density at radius 1 is 1.28 bits per heavy atom. The van der Waals surface area contributed by atoms with Crippen LogP contribution in [0.15, 0.2) is 29.2 Å². The maximum Gasteiger partial charge on any atom is 0.328 e.